The molecule has 2 N–H and O–H groups in total. The number of aliphatic imine (C=N–C) groups is 1. The molecule has 1 aliphatic rings. The van der Waals surface area contributed by atoms with Crippen LogP contribution in [-0.4, -0.2) is 56.7 Å². The van der Waals surface area contributed by atoms with E-state index in [0.717, 1.165) is 37.9 Å². The van der Waals surface area contributed by atoms with Gasteiger partial charge in [-0.25, -0.2) is 0 Å². The van der Waals surface area contributed by atoms with Crippen molar-refractivity contribution in [3.8, 4) is 5.75 Å². The van der Waals surface area contributed by atoms with Crippen LogP contribution in [0.25, 0.3) is 0 Å². The first-order chi connectivity index (χ1) is 11.3. The van der Waals surface area contributed by atoms with Crippen molar-refractivity contribution in [3.05, 3.63) is 30.3 Å². The van der Waals surface area contributed by atoms with Crippen LogP contribution < -0.4 is 15.4 Å². The van der Waals surface area contributed by atoms with Gasteiger partial charge in [-0.05, 0) is 44.5 Å². The summed E-state index contributed by atoms with van der Waals surface area (Å²) in [6, 6.07) is 9.90. The van der Waals surface area contributed by atoms with E-state index in [1.165, 1.54) is 19.5 Å². The van der Waals surface area contributed by atoms with Gasteiger partial charge >= 0.3 is 0 Å². The number of rotatable bonds is 8. The lowest BCUT2D eigenvalue weighted by Crippen LogP contribution is -2.39. The summed E-state index contributed by atoms with van der Waals surface area (Å²) in [4.78, 5) is 7.22. The van der Waals surface area contributed by atoms with E-state index < -0.39 is 0 Å². The summed E-state index contributed by atoms with van der Waals surface area (Å²) < 4.78 is 5.69. The Bertz CT molecular complexity index is 469. The lowest BCUT2D eigenvalue weighted by Gasteiger charge is -2.14. The standard InChI is InChI=1S/C18H30N4O.HI/c1-3-19-18(21-14-16-10-12-22(4-2)15-16)20-11-13-23-17-8-6-5-7-9-17;/h5-9,16H,3-4,10-15H2,1-2H3,(H2,19,20,21);1H. The molecule has 1 unspecified atom stereocenters. The van der Waals surface area contributed by atoms with Crippen molar-refractivity contribution in [2.45, 2.75) is 20.3 Å². The summed E-state index contributed by atoms with van der Waals surface area (Å²) >= 11 is 0. The Kier molecular flexibility index (Phi) is 10.8. The zero-order valence-corrected chi connectivity index (χ0v) is 17.2. The van der Waals surface area contributed by atoms with Crippen molar-refractivity contribution in [1.82, 2.24) is 15.5 Å². The van der Waals surface area contributed by atoms with E-state index in [4.69, 9.17) is 9.73 Å². The second-order valence-corrected chi connectivity index (χ2v) is 5.86. The molecule has 1 fully saturated rings. The molecule has 1 aromatic carbocycles. The number of halogens is 1. The van der Waals surface area contributed by atoms with Crippen molar-refractivity contribution in [3.63, 3.8) is 0 Å². The molecule has 1 atom stereocenters. The Morgan fingerprint density at radius 1 is 1.25 bits per heavy atom. The molecular formula is C18H31IN4O. The van der Waals surface area contributed by atoms with Crippen LogP contribution in [0.3, 0.4) is 0 Å². The predicted molar refractivity (Wildman–Crippen MR) is 112 cm³/mol. The first-order valence-corrected chi connectivity index (χ1v) is 8.74. The van der Waals surface area contributed by atoms with Crippen LogP contribution in [0.15, 0.2) is 35.3 Å². The molecule has 1 aliphatic heterocycles. The third-order valence-electron chi connectivity index (χ3n) is 4.08. The Balaban J connectivity index is 0.00000288. The number of hydrogen-bond donors (Lipinski definition) is 2. The summed E-state index contributed by atoms with van der Waals surface area (Å²) in [5.74, 6) is 2.48. The van der Waals surface area contributed by atoms with Crippen LogP contribution in [0, 0.1) is 5.92 Å². The van der Waals surface area contributed by atoms with Gasteiger partial charge in [0, 0.05) is 19.6 Å². The molecule has 0 saturated carbocycles. The third-order valence-corrected chi connectivity index (χ3v) is 4.08. The quantitative estimate of drug-likeness (QED) is 0.279. The number of nitrogens with one attached hydrogen (secondary N) is 2. The molecule has 5 nitrogen and oxygen atoms in total. The monoisotopic (exact) mass is 446 g/mol. The fourth-order valence-corrected chi connectivity index (χ4v) is 2.77. The molecule has 2 rings (SSSR count). The van der Waals surface area contributed by atoms with Crippen molar-refractivity contribution in [2.24, 2.45) is 10.9 Å². The van der Waals surface area contributed by atoms with Gasteiger partial charge < -0.3 is 20.3 Å². The molecule has 0 amide bonds. The number of benzene rings is 1. The van der Waals surface area contributed by atoms with E-state index in [1.54, 1.807) is 0 Å². The Morgan fingerprint density at radius 2 is 2.04 bits per heavy atom. The molecule has 24 heavy (non-hydrogen) atoms. The Hall–Kier alpha value is -1.02. The highest BCUT2D eigenvalue weighted by molar-refractivity contribution is 14.0. The number of nitrogens with zero attached hydrogens (tertiary/aromatic N) is 2. The van der Waals surface area contributed by atoms with Gasteiger partial charge in [0.25, 0.3) is 0 Å². The molecule has 0 aromatic heterocycles. The van der Waals surface area contributed by atoms with Gasteiger partial charge in [0.2, 0.25) is 0 Å². The fourth-order valence-electron chi connectivity index (χ4n) is 2.77. The minimum Gasteiger partial charge on any atom is -0.492 e. The Morgan fingerprint density at radius 3 is 2.71 bits per heavy atom. The smallest absolute Gasteiger partial charge is 0.191 e. The molecule has 6 heteroatoms. The summed E-state index contributed by atoms with van der Waals surface area (Å²) in [6.45, 7) is 11.0. The van der Waals surface area contributed by atoms with Gasteiger partial charge in [0.1, 0.15) is 12.4 Å². The van der Waals surface area contributed by atoms with Gasteiger partial charge in [-0.15, -0.1) is 24.0 Å². The number of hydrogen-bond acceptors (Lipinski definition) is 3. The molecule has 1 aromatic rings. The molecule has 0 aliphatic carbocycles. The number of para-hydroxylation sites is 1. The summed E-state index contributed by atoms with van der Waals surface area (Å²) in [5.41, 5.74) is 0. The lowest BCUT2D eigenvalue weighted by molar-refractivity contribution is 0.322. The second kappa shape index (κ2) is 12.4. The first-order valence-electron chi connectivity index (χ1n) is 8.74. The van der Waals surface area contributed by atoms with Crippen molar-refractivity contribution in [2.75, 3.05) is 45.9 Å². The minimum atomic E-state index is 0. The normalized spacial score (nSPS) is 18.1. The van der Waals surface area contributed by atoms with Gasteiger partial charge in [-0.3, -0.25) is 4.99 Å². The maximum Gasteiger partial charge on any atom is 0.191 e. The van der Waals surface area contributed by atoms with Crippen molar-refractivity contribution in [1.29, 1.82) is 0 Å². The van der Waals surface area contributed by atoms with E-state index in [-0.39, 0.29) is 24.0 Å². The zero-order valence-electron chi connectivity index (χ0n) is 14.8. The predicted octanol–water partition coefficient (Wildman–Crippen LogP) is 2.58. The summed E-state index contributed by atoms with van der Waals surface area (Å²) in [5, 5.41) is 6.64. The average Bonchev–Trinajstić information content (AvgIpc) is 3.05. The minimum absolute atomic E-state index is 0. The molecule has 0 radical (unpaired) electrons. The number of ether oxygens (including phenoxy) is 1. The van der Waals surface area contributed by atoms with E-state index >= 15 is 0 Å². The topological polar surface area (TPSA) is 48.9 Å². The molecule has 0 spiro atoms. The average molecular weight is 446 g/mol. The zero-order chi connectivity index (χ0) is 16.3. The van der Waals surface area contributed by atoms with Crippen LogP contribution >= 0.6 is 24.0 Å². The fraction of sp³-hybridized carbons (Fsp3) is 0.611. The molecule has 136 valence electrons. The highest BCUT2D eigenvalue weighted by Crippen LogP contribution is 2.15. The van der Waals surface area contributed by atoms with Gasteiger partial charge in [-0.2, -0.15) is 0 Å². The number of likely N-dealkylation sites (tertiary alicyclic amines) is 1. The van der Waals surface area contributed by atoms with Crippen LogP contribution in [0.2, 0.25) is 0 Å². The Labute approximate surface area is 163 Å². The van der Waals surface area contributed by atoms with Crippen LogP contribution in [0.5, 0.6) is 5.75 Å². The maximum atomic E-state index is 5.69. The number of guanidine groups is 1. The molecular weight excluding hydrogens is 415 g/mol. The highest BCUT2D eigenvalue weighted by Gasteiger charge is 2.20. The molecule has 1 saturated heterocycles. The SMILES string of the molecule is CCNC(=NCC1CCN(CC)C1)NCCOc1ccccc1.I. The van der Waals surface area contributed by atoms with Crippen molar-refractivity contribution >= 4 is 29.9 Å². The largest absolute Gasteiger partial charge is 0.492 e. The lowest BCUT2D eigenvalue weighted by atomic mass is 10.1. The molecule has 1 heterocycles. The van der Waals surface area contributed by atoms with E-state index in [2.05, 4.69) is 29.4 Å². The van der Waals surface area contributed by atoms with Crippen molar-refractivity contribution < 1.29 is 4.74 Å². The third kappa shape index (κ3) is 7.70. The first kappa shape index (κ1) is 21.0. The maximum absolute atomic E-state index is 5.69. The van der Waals surface area contributed by atoms with E-state index in [1.807, 2.05) is 30.3 Å². The highest BCUT2D eigenvalue weighted by atomic mass is 127. The van der Waals surface area contributed by atoms with Gasteiger partial charge in [-0.1, -0.05) is 25.1 Å². The van der Waals surface area contributed by atoms with Gasteiger partial charge in [0.05, 0.1) is 6.54 Å². The van der Waals surface area contributed by atoms with Crippen LogP contribution in [0.1, 0.15) is 20.3 Å². The molecule has 0 bridgehead atoms. The van der Waals surface area contributed by atoms with Gasteiger partial charge in [0.15, 0.2) is 5.96 Å². The second-order valence-electron chi connectivity index (χ2n) is 5.86. The summed E-state index contributed by atoms with van der Waals surface area (Å²) in [6.07, 6.45) is 1.26. The van der Waals surface area contributed by atoms with E-state index in [9.17, 15) is 0 Å². The van der Waals surface area contributed by atoms with Crippen LogP contribution in [-0.2, 0) is 0 Å². The van der Waals surface area contributed by atoms with E-state index in [0.29, 0.717) is 12.5 Å². The van der Waals surface area contributed by atoms with Crippen LogP contribution in [0.4, 0.5) is 0 Å². The summed E-state index contributed by atoms with van der Waals surface area (Å²) in [7, 11) is 0.